The van der Waals surface area contributed by atoms with Crippen LogP contribution in [0.5, 0.6) is 0 Å². The van der Waals surface area contributed by atoms with E-state index < -0.39 is 11.6 Å². The summed E-state index contributed by atoms with van der Waals surface area (Å²) in [4.78, 5) is 13.1. The fourth-order valence-corrected chi connectivity index (χ4v) is 2.71. The second-order valence-electron chi connectivity index (χ2n) is 5.41. The molecule has 0 aromatic heterocycles. The van der Waals surface area contributed by atoms with Crippen molar-refractivity contribution in [1.82, 2.24) is 21.2 Å². The lowest BCUT2D eigenvalue weighted by atomic mass is 9.84. The van der Waals surface area contributed by atoms with Gasteiger partial charge in [-0.3, -0.25) is 10.9 Å². The van der Waals surface area contributed by atoms with E-state index in [1.807, 2.05) is 17.6 Å². The van der Waals surface area contributed by atoms with E-state index in [2.05, 4.69) is 15.8 Å². The number of hydrazine groups is 2. The highest BCUT2D eigenvalue weighted by Crippen LogP contribution is 2.33. The molecule has 1 aliphatic heterocycles. The molecule has 0 radical (unpaired) electrons. The van der Waals surface area contributed by atoms with Crippen molar-refractivity contribution in [3.05, 3.63) is 34.9 Å². The van der Waals surface area contributed by atoms with Crippen LogP contribution in [0.4, 0.5) is 4.79 Å². The van der Waals surface area contributed by atoms with Crippen LogP contribution in [0.25, 0.3) is 0 Å². The van der Waals surface area contributed by atoms with Gasteiger partial charge in [0.15, 0.2) is 0 Å². The SMILES string of the molecule is NNC(=O)NNCCN1CCC(O)(c2ccc(Cl)cc2)CC1. The topological polar surface area (TPSA) is 103 Å². The molecule has 0 aliphatic carbocycles. The Kier molecular flexibility index (Phi) is 5.98. The lowest BCUT2D eigenvalue weighted by Gasteiger charge is -2.38. The maximum Gasteiger partial charge on any atom is 0.343 e. The predicted octanol–water partition coefficient (Wildman–Crippen LogP) is 0.301. The number of likely N-dealkylation sites (tertiary alicyclic amines) is 1. The van der Waals surface area contributed by atoms with Gasteiger partial charge in [0.05, 0.1) is 5.60 Å². The molecule has 1 fully saturated rings. The largest absolute Gasteiger partial charge is 0.385 e. The summed E-state index contributed by atoms with van der Waals surface area (Å²) in [5.41, 5.74) is 7.28. The monoisotopic (exact) mass is 327 g/mol. The molecule has 1 saturated heterocycles. The third kappa shape index (κ3) is 4.56. The first kappa shape index (κ1) is 17.0. The van der Waals surface area contributed by atoms with E-state index >= 15 is 0 Å². The van der Waals surface area contributed by atoms with Crippen molar-refractivity contribution in [2.75, 3.05) is 26.2 Å². The maximum absolute atomic E-state index is 10.9. The number of hydrogen-bond donors (Lipinski definition) is 5. The van der Waals surface area contributed by atoms with Gasteiger partial charge in [-0.1, -0.05) is 23.7 Å². The molecular formula is C14H22ClN5O2. The Morgan fingerprint density at radius 3 is 2.55 bits per heavy atom. The Balaban J connectivity index is 1.75. The van der Waals surface area contributed by atoms with Crippen molar-refractivity contribution < 1.29 is 9.90 Å². The van der Waals surface area contributed by atoms with Crippen LogP contribution < -0.4 is 22.1 Å². The summed E-state index contributed by atoms with van der Waals surface area (Å²) in [6.07, 6.45) is 1.34. The number of nitrogens with two attached hydrogens (primary N) is 1. The summed E-state index contributed by atoms with van der Waals surface area (Å²) < 4.78 is 0. The third-order valence-electron chi connectivity index (χ3n) is 3.95. The molecule has 0 saturated carbocycles. The number of hydrogen-bond acceptors (Lipinski definition) is 5. The van der Waals surface area contributed by atoms with Gasteiger partial charge in [-0.05, 0) is 30.5 Å². The first-order chi connectivity index (χ1) is 10.5. The van der Waals surface area contributed by atoms with Crippen LogP contribution in [-0.4, -0.2) is 42.2 Å². The third-order valence-corrected chi connectivity index (χ3v) is 4.20. The predicted molar refractivity (Wildman–Crippen MR) is 84.9 cm³/mol. The van der Waals surface area contributed by atoms with Gasteiger partial charge in [-0.2, -0.15) is 0 Å². The number of aliphatic hydroxyl groups is 1. The van der Waals surface area contributed by atoms with Gasteiger partial charge in [0.2, 0.25) is 0 Å². The summed E-state index contributed by atoms with van der Waals surface area (Å²) in [5.74, 6) is 4.94. The lowest BCUT2D eigenvalue weighted by Crippen LogP contribution is -2.50. The molecule has 2 amide bonds. The molecule has 0 unspecified atom stereocenters. The Labute approximate surface area is 134 Å². The summed E-state index contributed by atoms with van der Waals surface area (Å²) in [7, 11) is 0. The average molecular weight is 328 g/mol. The van der Waals surface area contributed by atoms with Gasteiger partial charge in [0.25, 0.3) is 0 Å². The van der Waals surface area contributed by atoms with E-state index in [0.29, 0.717) is 24.4 Å². The normalized spacial score (nSPS) is 18.0. The van der Waals surface area contributed by atoms with E-state index in [1.165, 1.54) is 0 Å². The van der Waals surface area contributed by atoms with Gasteiger partial charge in [0.1, 0.15) is 0 Å². The molecule has 1 aromatic rings. The van der Waals surface area contributed by atoms with Crippen molar-refractivity contribution in [3.63, 3.8) is 0 Å². The summed E-state index contributed by atoms with van der Waals surface area (Å²) in [6.45, 7) is 2.97. The van der Waals surface area contributed by atoms with Crippen LogP contribution in [-0.2, 0) is 5.60 Å². The van der Waals surface area contributed by atoms with Crippen molar-refractivity contribution in [3.8, 4) is 0 Å². The van der Waals surface area contributed by atoms with E-state index in [-0.39, 0.29) is 0 Å². The minimum absolute atomic E-state index is 0.476. The molecule has 2 rings (SSSR count). The Bertz CT molecular complexity index is 489. The van der Waals surface area contributed by atoms with Gasteiger partial charge >= 0.3 is 6.03 Å². The number of carbonyl (C=O) groups excluding carboxylic acids is 1. The molecule has 1 heterocycles. The average Bonchev–Trinajstić information content (AvgIpc) is 2.53. The quantitative estimate of drug-likeness (QED) is 0.232. The molecule has 8 heteroatoms. The first-order valence-electron chi connectivity index (χ1n) is 7.24. The number of piperidine rings is 1. The second kappa shape index (κ2) is 7.75. The number of carbonyl (C=O) groups is 1. The molecule has 1 aromatic carbocycles. The second-order valence-corrected chi connectivity index (χ2v) is 5.84. The number of urea groups is 1. The highest BCUT2D eigenvalue weighted by atomic mass is 35.5. The fraction of sp³-hybridized carbons (Fsp3) is 0.500. The highest BCUT2D eigenvalue weighted by Gasteiger charge is 2.33. The van der Waals surface area contributed by atoms with Gasteiger partial charge < -0.3 is 10.0 Å². The van der Waals surface area contributed by atoms with Crippen LogP contribution in [0.15, 0.2) is 24.3 Å². The van der Waals surface area contributed by atoms with Crippen LogP contribution in [0, 0.1) is 0 Å². The number of halogens is 1. The van der Waals surface area contributed by atoms with Crippen molar-refractivity contribution in [1.29, 1.82) is 0 Å². The molecule has 122 valence electrons. The lowest BCUT2D eigenvalue weighted by molar-refractivity contribution is -0.0256. The van der Waals surface area contributed by atoms with Crippen molar-refractivity contribution in [2.45, 2.75) is 18.4 Å². The number of benzene rings is 1. The molecule has 0 atom stereocenters. The zero-order valence-corrected chi connectivity index (χ0v) is 13.1. The maximum atomic E-state index is 10.9. The smallest absolute Gasteiger partial charge is 0.343 e. The summed E-state index contributed by atoms with van der Waals surface area (Å²) in [5, 5.41) is 11.4. The Morgan fingerprint density at radius 1 is 1.32 bits per heavy atom. The minimum Gasteiger partial charge on any atom is -0.385 e. The Morgan fingerprint density at radius 2 is 1.95 bits per heavy atom. The Hall–Kier alpha value is -1.38. The molecular weight excluding hydrogens is 306 g/mol. The molecule has 1 aliphatic rings. The molecule has 22 heavy (non-hydrogen) atoms. The van der Waals surface area contributed by atoms with Crippen LogP contribution in [0.1, 0.15) is 18.4 Å². The number of nitrogens with one attached hydrogen (secondary N) is 3. The minimum atomic E-state index is -0.786. The van der Waals surface area contributed by atoms with Crippen LogP contribution in [0.3, 0.4) is 0 Å². The number of amides is 2. The van der Waals surface area contributed by atoms with E-state index in [1.54, 1.807) is 12.1 Å². The fourth-order valence-electron chi connectivity index (χ4n) is 2.59. The van der Waals surface area contributed by atoms with Gasteiger partial charge in [-0.25, -0.2) is 16.1 Å². The zero-order chi connectivity index (χ0) is 16.0. The zero-order valence-electron chi connectivity index (χ0n) is 12.3. The first-order valence-corrected chi connectivity index (χ1v) is 7.61. The van der Waals surface area contributed by atoms with E-state index in [0.717, 1.165) is 25.2 Å². The van der Waals surface area contributed by atoms with Crippen molar-refractivity contribution in [2.24, 2.45) is 5.84 Å². The van der Waals surface area contributed by atoms with E-state index in [4.69, 9.17) is 17.4 Å². The van der Waals surface area contributed by atoms with E-state index in [9.17, 15) is 9.90 Å². The molecule has 0 spiro atoms. The highest BCUT2D eigenvalue weighted by molar-refractivity contribution is 6.30. The van der Waals surface area contributed by atoms with Crippen LogP contribution >= 0.6 is 11.6 Å². The van der Waals surface area contributed by atoms with Crippen LogP contribution in [0.2, 0.25) is 5.02 Å². The van der Waals surface area contributed by atoms with Gasteiger partial charge in [-0.15, -0.1) is 0 Å². The summed E-state index contributed by atoms with van der Waals surface area (Å²) in [6, 6.07) is 6.90. The standard InChI is InChI=1S/C14H22ClN5O2/c15-12-3-1-11(2-4-12)14(22)5-8-20(9-6-14)10-7-17-19-13(21)18-16/h1-4,17,22H,5-10,16H2,(H2,18,19,21). The van der Waals surface area contributed by atoms with Gasteiger partial charge in [0, 0.05) is 31.2 Å². The van der Waals surface area contributed by atoms with Crippen molar-refractivity contribution >= 4 is 17.6 Å². The number of rotatable bonds is 5. The summed E-state index contributed by atoms with van der Waals surface area (Å²) >= 11 is 5.88. The molecule has 7 nitrogen and oxygen atoms in total. The number of nitrogens with zero attached hydrogens (tertiary/aromatic N) is 1. The molecule has 6 N–H and O–H groups in total. The molecule has 0 bridgehead atoms.